The lowest BCUT2D eigenvalue weighted by atomic mass is 9.81. The van der Waals surface area contributed by atoms with Crippen LogP contribution in [0.1, 0.15) is 49.4 Å². The summed E-state index contributed by atoms with van der Waals surface area (Å²) in [5.41, 5.74) is 6.67. The van der Waals surface area contributed by atoms with Gasteiger partial charge in [-0.05, 0) is 36.8 Å². The third kappa shape index (κ3) is 3.66. The van der Waals surface area contributed by atoms with E-state index in [1.54, 1.807) is 18.2 Å². The van der Waals surface area contributed by atoms with E-state index in [2.05, 4.69) is 12.2 Å². The third-order valence-electron chi connectivity index (χ3n) is 4.39. The number of amides is 1. The summed E-state index contributed by atoms with van der Waals surface area (Å²) < 4.78 is 0. The molecule has 1 saturated carbocycles. The largest absolute Gasteiger partial charge is 0.397 e. The molecule has 2 rings (SSSR count). The molecule has 1 aromatic rings. The van der Waals surface area contributed by atoms with Gasteiger partial charge < -0.3 is 11.1 Å². The highest BCUT2D eigenvalue weighted by atomic mass is 35.5. The number of rotatable bonds is 4. The minimum Gasteiger partial charge on any atom is -0.397 e. The van der Waals surface area contributed by atoms with Crippen LogP contribution in [0.15, 0.2) is 18.2 Å². The first-order valence-electron chi connectivity index (χ1n) is 7.44. The van der Waals surface area contributed by atoms with Crippen molar-refractivity contribution in [2.24, 2.45) is 11.8 Å². The van der Waals surface area contributed by atoms with Crippen molar-refractivity contribution < 1.29 is 4.79 Å². The van der Waals surface area contributed by atoms with Gasteiger partial charge in [-0.2, -0.15) is 0 Å². The third-order valence-corrected chi connectivity index (χ3v) is 4.72. The van der Waals surface area contributed by atoms with E-state index in [0.717, 1.165) is 12.5 Å². The zero-order chi connectivity index (χ0) is 14.5. The van der Waals surface area contributed by atoms with Gasteiger partial charge in [-0.1, -0.05) is 43.9 Å². The van der Waals surface area contributed by atoms with Crippen molar-refractivity contribution >= 4 is 23.2 Å². The molecule has 110 valence electrons. The number of nitrogens with one attached hydrogen (secondary N) is 1. The lowest BCUT2D eigenvalue weighted by molar-refractivity contribution is 0.0942. The van der Waals surface area contributed by atoms with Gasteiger partial charge in [-0.25, -0.2) is 0 Å². The number of anilines is 1. The second-order valence-corrected chi connectivity index (χ2v) is 6.11. The minimum absolute atomic E-state index is 0.123. The molecule has 20 heavy (non-hydrogen) atoms. The predicted octanol–water partition coefficient (Wildman–Crippen LogP) is 3.87. The van der Waals surface area contributed by atoms with Crippen LogP contribution in [0.25, 0.3) is 0 Å². The van der Waals surface area contributed by atoms with Crippen molar-refractivity contribution in [1.29, 1.82) is 0 Å². The average molecular weight is 295 g/mol. The van der Waals surface area contributed by atoms with Gasteiger partial charge in [0, 0.05) is 6.54 Å². The number of nitrogens with two attached hydrogens (primary N) is 1. The summed E-state index contributed by atoms with van der Waals surface area (Å²) in [6.45, 7) is 3.00. The zero-order valence-electron chi connectivity index (χ0n) is 12.0. The molecule has 4 heteroatoms. The van der Waals surface area contributed by atoms with Crippen LogP contribution in [0.3, 0.4) is 0 Å². The molecule has 0 bridgehead atoms. The molecular weight excluding hydrogens is 272 g/mol. The summed E-state index contributed by atoms with van der Waals surface area (Å²) in [6.07, 6.45) is 6.28. The Morgan fingerprint density at radius 1 is 1.30 bits per heavy atom. The molecule has 0 heterocycles. The fraction of sp³-hybridized carbons (Fsp3) is 0.562. The van der Waals surface area contributed by atoms with Gasteiger partial charge in [0.1, 0.15) is 0 Å². The van der Waals surface area contributed by atoms with Crippen LogP contribution < -0.4 is 11.1 Å². The van der Waals surface area contributed by atoms with E-state index in [9.17, 15) is 4.79 Å². The second-order valence-electron chi connectivity index (χ2n) is 5.71. The summed E-state index contributed by atoms with van der Waals surface area (Å²) >= 11 is 5.93. The molecular formula is C16H23ClN2O. The number of benzene rings is 1. The molecule has 0 unspecified atom stereocenters. The number of halogens is 1. The lowest BCUT2D eigenvalue weighted by Crippen LogP contribution is -2.31. The Labute approximate surface area is 125 Å². The minimum atomic E-state index is -0.123. The lowest BCUT2D eigenvalue weighted by Gasteiger charge is -2.27. The van der Waals surface area contributed by atoms with E-state index in [0.29, 0.717) is 22.2 Å². The molecule has 3 nitrogen and oxygen atoms in total. The second kappa shape index (κ2) is 6.98. The van der Waals surface area contributed by atoms with Crippen molar-refractivity contribution in [1.82, 2.24) is 5.32 Å². The first kappa shape index (κ1) is 15.2. The molecule has 1 fully saturated rings. The first-order chi connectivity index (χ1) is 9.61. The molecule has 1 aliphatic rings. The van der Waals surface area contributed by atoms with Gasteiger partial charge in [0.2, 0.25) is 0 Å². The number of carbonyl (C=O) groups excluding carboxylic acids is 1. The first-order valence-corrected chi connectivity index (χ1v) is 7.81. The Morgan fingerprint density at radius 2 is 1.95 bits per heavy atom. The van der Waals surface area contributed by atoms with Crippen molar-refractivity contribution in [3.05, 3.63) is 28.8 Å². The van der Waals surface area contributed by atoms with Crippen LogP contribution in [0.2, 0.25) is 5.02 Å². The molecule has 3 N–H and O–H groups in total. The summed E-state index contributed by atoms with van der Waals surface area (Å²) in [6, 6.07) is 5.16. The molecule has 0 radical (unpaired) electrons. The van der Waals surface area contributed by atoms with Gasteiger partial charge >= 0.3 is 0 Å². The van der Waals surface area contributed by atoms with E-state index < -0.39 is 0 Å². The number of hydrogen-bond donors (Lipinski definition) is 2. The summed E-state index contributed by atoms with van der Waals surface area (Å²) in [4.78, 5) is 12.1. The molecule has 0 aromatic heterocycles. The maximum Gasteiger partial charge on any atom is 0.253 e. The van der Waals surface area contributed by atoms with E-state index in [1.165, 1.54) is 32.1 Å². The Morgan fingerprint density at radius 3 is 2.60 bits per heavy atom. The highest BCUT2D eigenvalue weighted by molar-refractivity contribution is 6.33. The van der Waals surface area contributed by atoms with E-state index >= 15 is 0 Å². The van der Waals surface area contributed by atoms with Crippen LogP contribution in [-0.2, 0) is 0 Å². The van der Waals surface area contributed by atoms with Gasteiger partial charge in [0.15, 0.2) is 0 Å². The smallest absolute Gasteiger partial charge is 0.253 e. The van der Waals surface area contributed by atoms with Gasteiger partial charge in [0.25, 0.3) is 5.91 Å². The Hall–Kier alpha value is -1.22. The quantitative estimate of drug-likeness (QED) is 0.828. The molecule has 0 aliphatic heterocycles. The van der Waals surface area contributed by atoms with Crippen LogP contribution in [0, 0.1) is 11.8 Å². The van der Waals surface area contributed by atoms with Gasteiger partial charge in [0.05, 0.1) is 16.3 Å². The monoisotopic (exact) mass is 294 g/mol. The standard InChI is InChI=1S/C16H23ClN2O/c1-2-11-6-8-12(9-7-11)10-19-16(20)13-4-3-5-14(17)15(13)18/h3-5,11-12H,2,6-10,18H2,1H3,(H,19,20). The molecule has 1 amide bonds. The fourth-order valence-corrected chi connectivity index (χ4v) is 3.09. The zero-order valence-corrected chi connectivity index (χ0v) is 12.7. The Balaban J connectivity index is 1.85. The number of para-hydroxylation sites is 1. The van der Waals surface area contributed by atoms with Crippen molar-refractivity contribution in [3.63, 3.8) is 0 Å². The summed E-state index contributed by atoms with van der Waals surface area (Å²) in [5, 5.41) is 3.42. The van der Waals surface area contributed by atoms with Crippen molar-refractivity contribution in [2.75, 3.05) is 12.3 Å². The van der Waals surface area contributed by atoms with Crippen molar-refractivity contribution in [3.8, 4) is 0 Å². The highest BCUT2D eigenvalue weighted by Gasteiger charge is 2.21. The average Bonchev–Trinajstić information content (AvgIpc) is 2.48. The van der Waals surface area contributed by atoms with Crippen LogP contribution in [-0.4, -0.2) is 12.5 Å². The molecule has 0 spiro atoms. The van der Waals surface area contributed by atoms with Crippen LogP contribution >= 0.6 is 11.6 Å². The maximum absolute atomic E-state index is 12.1. The van der Waals surface area contributed by atoms with E-state index in [4.69, 9.17) is 17.3 Å². The Kier molecular flexibility index (Phi) is 5.30. The number of nitrogen functional groups attached to an aromatic ring is 1. The summed E-state index contributed by atoms with van der Waals surface area (Å²) in [5.74, 6) is 1.36. The van der Waals surface area contributed by atoms with Crippen LogP contribution in [0.5, 0.6) is 0 Å². The van der Waals surface area contributed by atoms with E-state index in [-0.39, 0.29) is 5.91 Å². The van der Waals surface area contributed by atoms with Gasteiger partial charge in [-0.15, -0.1) is 0 Å². The maximum atomic E-state index is 12.1. The van der Waals surface area contributed by atoms with E-state index in [1.807, 2.05) is 0 Å². The molecule has 1 aliphatic carbocycles. The highest BCUT2D eigenvalue weighted by Crippen LogP contribution is 2.30. The summed E-state index contributed by atoms with van der Waals surface area (Å²) in [7, 11) is 0. The van der Waals surface area contributed by atoms with Gasteiger partial charge in [-0.3, -0.25) is 4.79 Å². The SMILES string of the molecule is CCC1CCC(CNC(=O)c2cccc(Cl)c2N)CC1. The molecule has 0 atom stereocenters. The van der Waals surface area contributed by atoms with Crippen molar-refractivity contribution in [2.45, 2.75) is 39.0 Å². The number of hydrogen-bond acceptors (Lipinski definition) is 2. The fourth-order valence-electron chi connectivity index (χ4n) is 2.91. The predicted molar refractivity (Wildman–Crippen MR) is 83.9 cm³/mol. The van der Waals surface area contributed by atoms with Crippen LogP contribution in [0.4, 0.5) is 5.69 Å². The normalized spacial score (nSPS) is 22.5. The molecule has 0 saturated heterocycles. The topological polar surface area (TPSA) is 55.1 Å². The Bertz CT molecular complexity index is 468. The number of carbonyl (C=O) groups is 1. The molecule has 1 aromatic carbocycles.